The van der Waals surface area contributed by atoms with Crippen molar-refractivity contribution >= 4 is 23.4 Å². The molecule has 1 aromatic carbocycles. The van der Waals surface area contributed by atoms with Crippen LogP contribution in [-0.2, 0) is 0 Å². The van der Waals surface area contributed by atoms with E-state index in [9.17, 15) is 0 Å². The molecule has 0 aliphatic heterocycles. The molecule has 0 aliphatic carbocycles. The number of aromatic amines is 2. The van der Waals surface area contributed by atoms with E-state index >= 15 is 0 Å². The van der Waals surface area contributed by atoms with Gasteiger partial charge in [-0.2, -0.15) is 0 Å². The van der Waals surface area contributed by atoms with Gasteiger partial charge in [0, 0.05) is 6.07 Å². The number of rotatable bonds is 2. The molecule has 3 aromatic heterocycles. The van der Waals surface area contributed by atoms with Crippen LogP contribution in [0.15, 0.2) is 49.1 Å². The highest BCUT2D eigenvalue weighted by molar-refractivity contribution is 7.71. The lowest BCUT2D eigenvalue weighted by molar-refractivity contribution is 0.841. The number of hydrogen-bond donors (Lipinski definition) is 2. The summed E-state index contributed by atoms with van der Waals surface area (Å²) in [5.41, 5.74) is 3.36. The second-order valence-electron chi connectivity index (χ2n) is 4.51. The Labute approximate surface area is 124 Å². The quantitative estimate of drug-likeness (QED) is 0.557. The van der Waals surface area contributed by atoms with Crippen LogP contribution >= 0.6 is 12.2 Å². The molecule has 4 aromatic rings. The molecule has 6 nitrogen and oxygen atoms in total. The van der Waals surface area contributed by atoms with E-state index in [1.54, 1.807) is 11.0 Å². The van der Waals surface area contributed by atoms with Gasteiger partial charge in [0.05, 0.1) is 12.0 Å². The molecule has 4 rings (SSSR count). The molecule has 0 amide bonds. The first-order chi connectivity index (χ1) is 10.3. The first-order valence-electron chi connectivity index (χ1n) is 6.35. The van der Waals surface area contributed by atoms with Gasteiger partial charge in [0.15, 0.2) is 11.5 Å². The van der Waals surface area contributed by atoms with Crippen LogP contribution in [0.4, 0.5) is 0 Å². The van der Waals surface area contributed by atoms with Crippen LogP contribution in [-0.4, -0.2) is 29.7 Å². The topological polar surface area (TPSA) is 75.2 Å². The highest BCUT2D eigenvalue weighted by Crippen LogP contribution is 2.20. The smallest absolute Gasteiger partial charge is 0.182 e. The highest BCUT2D eigenvalue weighted by atomic mass is 32.1. The Balaban J connectivity index is 1.92. The SMILES string of the molecule is S=c1cc(-c2ccccc2)[nH]n1-c1ncnc2nc[nH]c12. The number of imidazole rings is 1. The average molecular weight is 294 g/mol. The van der Waals surface area contributed by atoms with E-state index in [0.29, 0.717) is 16.1 Å². The van der Waals surface area contributed by atoms with E-state index in [4.69, 9.17) is 12.2 Å². The number of hydrogen-bond acceptors (Lipinski definition) is 4. The summed E-state index contributed by atoms with van der Waals surface area (Å²) < 4.78 is 2.39. The number of H-pyrrole nitrogens is 2. The van der Waals surface area contributed by atoms with Crippen LogP contribution in [0, 0.1) is 4.64 Å². The number of fused-ring (bicyclic) bond motifs is 1. The molecule has 102 valence electrons. The molecule has 21 heavy (non-hydrogen) atoms. The summed E-state index contributed by atoms with van der Waals surface area (Å²) in [6.07, 6.45) is 3.07. The lowest BCUT2D eigenvalue weighted by atomic mass is 10.2. The fraction of sp³-hybridized carbons (Fsp3) is 0. The third-order valence-corrected chi connectivity index (χ3v) is 3.52. The third-order valence-electron chi connectivity index (χ3n) is 3.22. The minimum absolute atomic E-state index is 0.609. The minimum Gasteiger partial charge on any atom is -0.340 e. The van der Waals surface area contributed by atoms with Crippen molar-refractivity contribution in [3.05, 3.63) is 53.7 Å². The zero-order valence-electron chi connectivity index (χ0n) is 10.8. The Morgan fingerprint density at radius 3 is 2.76 bits per heavy atom. The van der Waals surface area contributed by atoms with E-state index in [1.165, 1.54) is 6.33 Å². The molecule has 0 spiro atoms. The summed E-state index contributed by atoms with van der Waals surface area (Å²) in [6, 6.07) is 11.9. The van der Waals surface area contributed by atoms with Crippen LogP contribution in [0.2, 0.25) is 0 Å². The molecule has 0 saturated carbocycles. The van der Waals surface area contributed by atoms with Crippen LogP contribution in [0.5, 0.6) is 0 Å². The van der Waals surface area contributed by atoms with Crippen LogP contribution in [0.1, 0.15) is 0 Å². The van der Waals surface area contributed by atoms with E-state index in [0.717, 1.165) is 16.8 Å². The van der Waals surface area contributed by atoms with Crippen molar-refractivity contribution in [2.75, 3.05) is 0 Å². The van der Waals surface area contributed by atoms with Crippen molar-refractivity contribution in [2.45, 2.75) is 0 Å². The molecule has 0 aliphatic rings. The summed E-state index contributed by atoms with van der Waals surface area (Å²) in [6.45, 7) is 0. The van der Waals surface area contributed by atoms with Crippen LogP contribution in [0.25, 0.3) is 28.2 Å². The molecule has 0 unspecified atom stereocenters. The fourth-order valence-corrected chi connectivity index (χ4v) is 2.49. The molecular weight excluding hydrogens is 284 g/mol. The molecule has 0 saturated heterocycles. The monoisotopic (exact) mass is 294 g/mol. The van der Waals surface area contributed by atoms with E-state index in [-0.39, 0.29) is 0 Å². The molecule has 0 fully saturated rings. The van der Waals surface area contributed by atoms with Gasteiger partial charge in [-0.1, -0.05) is 42.5 Å². The van der Waals surface area contributed by atoms with Crippen LogP contribution in [0.3, 0.4) is 0 Å². The Kier molecular flexibility index (Phi) is 2.65. The fourth-order valence-electron chi connectivity index (χ4n) is 2.24. The van der Waals surface area contributed by atoms with Gasteiger partial charge in [-0.3, -0.25) is 5.10 Å². The third kappa shape index (κ3) is 1.95. The highest BCUT2D eigenvalue weighted by Gasteiger charge is 2.11. The average Bonchev–Trinajstić information content (AvgIpc) is 3.14. The molecule has 7 heteroatoms. The van der Waals surface area contributed by atoms with Gasteiger partial charge in [-0.25, -0.2) is 19.6 Å². The number of nitrogens with zero attached hydrogens (tertiary/aromatic N) is 4. The second-order valence-corrected chi connectivity index (χ2v) is 4.93. The minimum atomic E-state index is 0.609. The Hall–Kier alpha value is -2.80. The first kappa shape index (κ1) is 12.0. The van der Waals surface area contributed by atoms with E-state index in [2.05, 4.69) is 25.0 Å². The maximum absolute atomic E-state index is 5.43. The summed E-state index contributed by atoms with van der Waals surface area (Å²) in [7, 11) is 0. The Morgan fingerprint density at radius 2 is 1.90 bits per heavy atom. The normalized spacial score (nSPS) is 11.0. The van der Waals surface area contributed by atoms with Gasteiger partial charge in [0.25, 0.3) is 0 Å². The van der Waals surface area contributed by atoms with Crippen molar-refractivity contribution in [3.63, 3.8) is 0 Å². The largest absolute Gasteiger partial charge is 0.340 e. The zero-order chi connectivity index (χ0) is 14.2. The standard InChI is InChI=1S/C14H10N6S/c21-11-6-10(9-4-2-1-3-5-9)19-20(11)14-12-13(16-7-15-12)17-8-18-14/h1-8,19H,(H,15,16,17,18). The predicted molar refractivity (Wildman–Crippen MR) is 81.6 cm³/mol. The molecule has 0 radical (unpaired) electrons. The molecular formula is C14H10N6S. The van der Waals surface area contributed by atoms with Gasteiger partial charge in [0.1, 0.15) is 16.5 Å². The maximum atomic E-state index is 5.43. The second kappa shape index (κ2) is 4.64. The van der Waals surface area contributed by atoms with Gasteiger partial charge >= 0.3 is 0 Å². The summed E-state index contributed by atoms with van der Waals surface area (Å²) in [4.78, 5) is 15.6. The first-order valence-corrected chi connectivity index (χ1v) is 6.76. The van der Waals surface area contributed by atoms with Gasteiger partial charge in [-0.05, 0) is 5.56 Å². The Bertz CT molecular complexity index is 966. The van der Waals surface area contributed by atoms with Crippen molar-refractivity contribution in [2.24, 2.45) is 0 Å². The zero-order valence-corrected chi connectivity index (χ0v) is 11.6. The lowest BCUT2D eigenvalue weighted by Crippen LogP contribution is -2.01. The van der Waals surface area contributed by atoms with Crippen molar-refractivity contribution in [1.29, 1.82) is 0 Å². The predicted octanol–water partition coefficient (Wildman–Crippen LogP) is 2.87. The maximum Gasteiger partial charge on any atom is 0.182 e. The summed E-state index contributed by atoms with van der Waals surface area (Å²) in [5, 5.41) is 3.27. The summed E-state index contributed by atoms with van der Waals surface area (Å²) in [5.74, 6) is 0.657. The lowest BCUT2D eigenvalue weighted by Gasteiger charge is -2.03. The van der Waals surface area contributed by atoms with Crippen molar-refractivity contribution < 1.29 is 0 Å². The van der Waals surface area contributed by atoms with Gasteiger partial charge < -0.3 is 4.98 Å². The van der Waals surface area contributed by atoms with Crippen LogP contribution < -0.4 is 0 Å². The molecule has 0 bridgehead atoms. The van der Waals surface area contributed by atoms with Crippen molar-refractivity contribution in [3.8, 4) is 17.1 Å². The van der Waals surface area contributed by atoms with Crippen molar-refractivity contribution in [1.82, 2.24) is 29.7 Å². The number of benzene rings is 1. The van der Waals surface area contributed by atoms with E-state index < -0.39 is 0 Å². The molecule has 3 heterocycles. The number of nitrogens with one attached hydrogen (secondary N) is 2. The summed E-state index contributed by atoms with van der Waals surface area (Å²) >= 11 is 5.43. The molecule has 0 atom stereocenters. The Morgan fingerprint density at radius 1 is 1.05 bits per heavy atom. The number of aromatic nitrogens is 6. The molecule has 2 N–H and O–H groups in total. The van der Waals surface area contributed by atoms with Gasteiger partial charge in [-0.15, -0.1) is 0 Å². The van der Waals surface area contributed by atoms with E-state index in [1.807, 2.05) is 36.4 Å². The van der Waals surface area contributed by atoms with Gasteiger partial charge in [0.2, 0.25) is 0 Å².